The predicted molar refractivity (Wildman–Crippen MR) is 32.6 cm³/mol. The lowest BCUT2D eigenvalue weighted by Crippen LogP contribution is -1.96. The van der Waals surface area contributed by atoms with Gasteiger partial charge in [-0.05, 0) is 5.92 Å². The minimum Gasteiger partial charge on any atom is -0.119 e. The molecule has 0 aromatic rings. The molecule has 0 saturated carbocycles. The lowest BCUT2D eigenvalue weighted by molar-refractivity contribution is 0.739. The van der Waals surface area contributed by atoms with Crippen molar-refractivity contribution in [3.05, 3.63) is 12.1 Å². The average Bonchev–Trinajstić information content (AvgIpc) is 2.22. The van der Waals surface area contributed by atoms with E-state index in [0.29, 0.717) is 0 Å². The summed E-state index contributed by atoms with van der Waals surface area (Å²) in [6, 6.07) is 0. The molecule has 2 rings (SSSR count). The lowest BCUT2D eigenvalue weighted by atomic mass is 9.50. The summed E-state index contributed by atoms with van der Waals surface area (Å²) in [7, 11) is 0. The van der Waals surface area contributed by atoms with E-state index in [1.54, 1.807) is 0 Å². The molecular weight excluding hydrogens is 82.9 g/mol. The summed E-state index contributed by atoms with van der Waals surface area (Å²) >= 11 is 0. The summed E-state index contributed by atoms with van der Waals surface area (Å²) in [5.74, 6) is 3.37. The molecule has 0 spiro atoms. The summed E-state index contributed by atoms with van der Waals surface area (Å²) in [4.78, 5) is 0. The highest BCUT2D eigenvalue weighted by molar-refractivity contribution is 6.66. The van der Waals surface area contributed by atoms with Crippen LogP contribution in [0.5, 0.6) is 0 Å². The minimum absolute atomic E-state index is 0.991. The van der Waals surface area contributed by atoms with Crippen LogP contribution in [-0.2, 0) is 0 Å². The summed E-state index contributed by atoms with van der Waals surface area (Å²) in [6.45, 7) is 0.991. The molecule has 2 heterocycles. The van der Waals surface area contributed by atoms with Gasteiger partial charge in [0, 0.05) is 0 Å². The minimum atomic E-state index is 0.991. The molecule has 0 aromatic carbocycles. The third-order valence-electron chi connectivity index (χ3n) is 2.17. The number of rotatable bonds is 0. The molecule has 1 atom stereocenters. The van der Waals surface area contributed by atoms with Crippen LogP contribution in [0.15, 0.2) is 12.1 Å². The maximum atomic E-state index is 2.38. The van der Waals surface area contributed by atoms with Gasteiger partial charge in [-0.15, -0.1) is 5.98 Å². The van der Waals surface area contributed by atoms with Gasteiger partial charge in [-0.2, -0.15) is 0 Å². The Hall–Kier alpha value is -0.195. The number of hydrogen-bond donors (Lipinski definition) is 0. The van der Waals surface area contributed by atoms with Gasteiger partial charge in [0.1, 0.15) is 0 Å². The van der Waals surface area contributed by atoms with Crippen molar-refractivity contribution < 1.29 is 0 Å². The summed E-state index contributed by atoms with van der Waals surface area (Å²) in [6.07, 6.45) is 6.80. The molecule has 2 bridgehead atoms. The monoisotopic (exact) mass is 92.1 g/mol. The number of fused-ring (bicyclic) bond motifs is 2. The standard InChI is InChI=1S/C6H9B/c1-3-7-4-2-6(1)5-7/h1,3,6H,2,4-5H2. The van der Waals surface area contributed by atoms with Crippen LogP contribution in [0.3, 0.4) is 0 Å². The van der Waals surface area contributed by atoms with Crippen LogP contribution in [0.1, 0.15) is 6.42 Å². The van der Waals surface area contributed by atoms with Crippen molar-refractivity contribution in [3.8, 4) is 0 Å². The van der Waals surface area contributed by atoms with E-state index in [9.17, 15) is 0 Å². The quantitative estimate of drug-likeness (QED) is 0.398. The van der Waals surface area contributed by atoms with Crippen molar-refractivity contribution in [1.82, 2.24) is 0 Å². The Labute approximate surface area is 44.7 Å². The van der Waals surface area contributed by atoms with Crippen LogP contribution in [0.4, 0.5) is 0 Å². The fraction of sp³-hybridized carbons (Fsp3) is 0.667. The van der Waals surface area contributed by atoms with E-state index in [2.05, 4.69) is 12.1 Å². The van der Waals surface area contributed by atoms with E-state index in [-0.39, 0.29) is 0 Å². The Balaban J connectivity index is 2.27. The van der Waals surface area contributed by atoms with Crippen LogP contribution in [0.2, 0.25) is 12.6 Å². The summed E-state index contributed by atoms with van der Waals surface area (Å²) < 4.78 is 0. The first kappa shape index (κ1) is 3.76. The van der Waals surface area contributed by atoms with Crippen molar-refractivity contribution in [2.75, 3.05) is 0 Å². The first-order valence-electron chi connectivity index (χ1n) is 3.13. The van der Waals surface area contributed by atoms with Gasteiger partial charge in [0.25, 0.3) is 0 Å². The Morgan fingerprint density at radius 1 is 1.57 bits per heavy atom. The zero-order chi connectivity index (χ0) is 4.69. The van der Waals surface area contributed by atoms with Gasteiger partial charge >= 0.3 is 0 Å². The Kier molecular flexibility index (Phi) is 0.617. The number of hydrogen-bond acceptors (Lipinski definition) is 0. The maximum Gasteiger partial charge on any atom is 0.166 e. The zero-order valence-corrected chi connectivity index (χ0v) is 4.43. The van der Waals surface area contributed by atoms with Gasteiger partial charge in [0.2, 0.25) is 0 Å². The van der Waals surface area contributed by atoms with Crippen LogP contribution in [0.25, 0.3) is 0 Å². The SMILES string of the molecule is C1=CC2CCB1C2. The molecule has 0 aliphatic carbocycles. The molecule has 1 unspecified atom stereocenters. The first-order chi connectivity index (χ1) is 3.45. The topological polar surface area (TPSA) is 0 Å². The van der Waals surface area contributed by atoms with Crippen molar-refractivity contribution in [2.24, 2.45) is 5.92 Å². The van der Waals surface area contributed by atoms with Crippen LogP contribution in [0, 0.1) is 5.92 Å². The molecule has 0 nitrogen and oxygen atoms in total. The Bertz CT molecular complexity index is 94.7. The third-order valence-corrected chi connectivity index (χ3v) is 2.17. The van der Waals surface area contributed by atoms with Crippen molar-refractivity contribution in [3.63, 3.8) is 0 Å². The molecule has 36 valence electrons. The highest BCUT2D eigenvalue weighted by Gasteiger charge is 2.28. The fourth-order valence-electron chi connectivity index (χ4n) is 1.72. The van der Waals surface area contributed by atoms with Crippen LogP contribution >= 0.6 is 0 Å². The second-order valence-electron chi connectivity index (χ2n) is 2.72. The van der Waals surface area contributed by atoms with Crippen LogP contribution < -0.4 is 0 Å². The highest BCUT2D eigenvalue weighted by Crippen LogP contribution is 2.33. The van der Waals surface area contributed by atoms with Gasteiger partial charge in [-0.25, -0.2) is 0 Å². The molecule has 0 N–H and O–H groups in total. The molecule has 7 heavy (non-hydrogen) atoms. The molecule has 2 aliphatic rings. The Morgan fingerprint density at radius 3 is 2.71 bits per heavy atom. The van der Waals surface area contributed by atoms with E-state index in [1.807, 2.05) is 0 Å². The Morgan fingerprint density at radius 2 is 2.57 bits per heavy atom. The predicted octanol–water partition coefficient (Wildman–Crippen LogP) is 1.61. The molecule has 1 saturated heterocycles. The van der Waals surface area contributed by atoms with Gasteiger partial charge < -0.3 is 0 Å². The third kappa shape index (κ3) is 0.441. The second kappa shape index (κ2) is 1.15. The summed E-state index contributed by atoms with van der Waals surface area (Å²) in [5, 5.41) is 0. The maximum absolute atomic E-state index is 2.38. The molecule has 1 fully saturated rings. The van der Waals surface area contributed by atoms with Gasteiger partial charge in [-0.3, -0.25) is 0 Å². The van der Waals surface area contributed by atoms with Gasteiger partial charge in [0.15, 0.2) is 6.71 Å². The summed E-state index contributed by atoms with van der Waals surface area (Å²) in [5.41, 5.74) is 0. The molecule has 0 aromatic heterocycles. The van der Waals surface area contributed by atoms with Gasteiger partial charge in [-0.1, -0.05) is 25.1 Å². The van der Waals surface area contributed by atoms with Crippen molar-refractivity contribution >= 4 is 6.71 Å². The van der Waals surface area contributed by atoms with E-state index in [4.69, 9.17) is 0 Å². The largest absolute Gasteiger partial charge is 0.166 e. The van der Waals surface area contributed by atoms with Crippen LogP contribution in [-0.4, -0.2) is 6.71 Å². The average molecular weight is 92.0 g/mol. The zero-order valence-electron chi connectivity index (χ0n) is 4.43. The molecule has 0 amide bonds. The van der Waals surface area contributed by atoms with Crippen molar-refractivity contribution in [1.29, 1.82) is 0 Å². The number of allylic oxidation sites excluding steroid dienone is 1. The first-order valence-corrected chi connectivity index (χ1v) is 3.13. The molecular formula is C6H9B. The fourth-order valence-corrected chi connectivity index (χ4v) is 1.72. The molecule has 1 heteroatoms. The van der Waals surface area contributed by atoms with Crippen molar-refractivity contribution in [2.45, 2.75) is 19.1 Å². The van der Waals surface area contributed by atoms with E-state index in [1.165, 1.54) is 19.1 Å². The second-order valence-corrected chi connectivity index (χ2v) is 2.72. The molecule has 2 aliphatic heterocycles. The smallest absolute Gasteiger partial charge is 0.119 e. The van der Waals surface area contributed by atoms with E-state index >= 15 is 0 Å². The molecule has 0 radical (unpaired) electrons. The van der Waals surface area contributed by atoms with E-state index < -0.39 is 0 Å². The van der Waals surface area contributed by atoms with Gasteiger partial charge in [0.05, 0.1) is 0 Å². The highest BCUT2D eigenvalue weighted by atomic mass is 14.1. The lowest BCUT2D eigenvalue weighted by Gasteiger charge is -1.96. The normalized spacial score (nSPS) is 35.4. The van der Waals surface area contributed by atoms with E-state index in [0.717, 1.165) is 12.6 Å².